The summed E-state index contributed by atoms with van der Waals surface area (Å²) in [6, 6.07) is 9.05. The predicted octanol–water partition coefficient (Wildman–Crippen LogP) is 4.06. The first-order valence-corrected chi connectivity index (χ1v) is 6.44. The van der Waals surface area contributed by atoms with E-state index in [1.807, 2.05) is 0 Å². The molecular weight excluding hydrogens is 313 g/mol. The van der Waals surface area contributed by atoms with Crippen LogP contribution in [0.4, 0.5) is 13.2 Å². The van der Waals surface area contributed by atoms with E-state index in [1.165, 1.54) is 30.3 Å². The molecule has 23 heavy (non-hydrogen) atoms. The molecule has 0 saturated heterocycles. The minimum Gasteiger partial charge on any atom is -0.508 e. The van der Waals surface area contributed by atoms with Gasteiger partial charge >= 0.3 is 6.36 Å². The van der Waals surface area contributed by atoms with Gasteiger partial charge in [0, 0.05) is 6.07 Å². The molecule has 0 fully saturated rings. The summed E-state index contributed by atoms with van der Waals surface area (Å²) in [6.45, 7) is 0. The number of fused-ring (bicyclic) bond motifs is 1. The van der Waals surface area contributed by atoms with Gasteiger partial charge in [0.1, 0.15) is 23.3 Å². The zero-order valence-electron chi connectivity index (χ0n) is 11.4. The lowest BCUT2D eigenvalue weighted by molar-refractivity contribution is -0.274. The van der Waals surface area contributed by atoms with Gasteiger partial charge in [0.2, 0.25) is 0 Å². The molecule has 0 aliphatic rings. The van der Waals surface area contributed by atoms with Crippen LogP contribution in [0.25, 0.3) is 22.1 Å². The molecule has 0 unspecified atom stereocenters. The highest BCUT2D eigenvalue weighted by atomic mass is 19.4. The number of aromatic hydroxyl groups is 1. The maximum Gasteiger partial charge on any atom is 0.573 e. The van der Waals surface area contributed by atoms with Crippen molar-refractivity contribution in [3.63, 3.8) is 0 Å². The Hall–Kier alpha value is -2.96. The predicted molar refractivity (Wildman–Crippen MR) is 76.3 cm³/mol. The van der Waals surface area contributed by atoms with Crippen molar-refractivity contribution in [1.29, 1.82) is 0 Å². The van der Waals surface area contributed by atoms with Crippen molar-refractivity contribution in [2.24, 2.45) is 0 Å². The van der Waals surface area contributed by atoms with E-state index in [0.717, 1.165) is 18.4 Å². The van der Waals surface area contributed by atoms with Crippen molar-refractivity contribution in [1.82, 2.24) is 0 Å². The molecule has 7 heteroatoms. The maximum atomic E-state index is 12.4. The standard InChI is InChI=1S/C16H9F3O4/c17-16(18,19)23-11-3-1-2-9(6-11)13-8-22-14-7-10(20)4-5-12(14)15(13)21/h1-8,20H. The summed E-state index contributed by atoms with van der Waals surface area (Å²) < 4.78 is 45.9. The number of phenols is 1. The van der Waals surface area contributed by atoms with E-state index >= 15 is 0 Å². The Morgan fingerprint density at radius 3 is 2.61 bits per heavy atom. The second-order valence-corrected chi connectivity index (χ2v) is 4.73. The third-order valence-corrected chi connectivity index (χ3v) is 3.14. The molecule has 3 rings (SSSR count). The molecule has 118 valence electrons. The summed E-state index contributed by atoms with van der Waals surface area (Å²) in [5.74, 6) is -0.492. The van der Waals surface area contributed by atoms with E-state index in [9.17, 15) is 23.1 Å². The number of benzene rings is 2. The van der Waals surface area contributed by atoms with Gasteiger partial charge in [-0.15, -0.1) is 13.2 Å². The van der Waals surface area contributed by atoms with E-state index in [0.29, 0.717) is 0 Å². The van der Waals surface area contributed by atoms with Crippen molar-refractivity contribution >= 4 is 11.0 Å². The normalized spacial score (nSPS) is 11.6. The topological polar surface area (TPSA) is 59.7 Å². The van der Waals surface area contributed by atoms with E-state index in [2.05, 4.69) is 4.74 Å². The van der Waals surface area contributed by atoms with E-state index in [4.69, 9.17) is 4.42 Å². The maximum absolute atomic E-state index is 12.4. The first-order chi connectivity index (χ1) is 10.8. The van der Waals surface area contributed by atoms with Crippen LogP contribution in [-0.4, -0.2) is 11.5 Å². The van der Waals surface area contributed by atoms with Crippen LogP contribution in [-0.2, 0) is 0 Å². The van der Waals surface area contributed by atoms with Crippen LogP contribution in [0.2, 0.25) is 0 Å². The smallest absolute Gasteiger partial charge is 0.508 e. The molecule has 0 saturated carbocycles. The summed E-state index contributed by atoms with van der Waals surface area (Å²) in [5, 5.41) is 9.58. The van der Waals surface area contributed by atoms with Crippen LogP contribution in [0.3, 0.4) is 0 Å². The molecule has 2 aromatic carbocycles. The van der Waals surface area contributed by atoms with E-state index < -0.39 is 17.5 Å². The molecule has 1 N–H and O–H groups in total. The van der Waals surface area contributed by atoms with Gasteiger partial charge in [0.05, 0.1) is 10.9 Å². The molecule has 0 aliphatic heterocycles. The number of rotatable bonds is 2. The monoisotopic (exact) mass is 322 g/mol. The molecule has 1 heterocycles. The average Bonchev–Trinajstić information content (AvgIpc) is 2.46. The van der Waals surface area contributed by atoms with Gasteiger partial charge in [-0.2, -0.15) is 0 Å². The Labute approximate surface area is 127 Å². The summed E-state index contributed by atoms with van der Waals surface area (Å²) in [7, 11) is 0. The second kappa shape index (κ2) is 5.35. The highest BCUT2D eigenvalue weighted by Crippen LogP contribution is 2.28. The third-order valence-electron chi connectivity index (χ3n) is 3.14. The fraction of sp³-hybridized carbons (Fsp3) is 0.0625. The largest absolute Gasteiger partial charge is 0.573 e. The Balaban J connectivity index is 2.10. The first kappa shape index (κ1) is 15.0. The third kappa shape index (κ3) is 3.13. The number of alkyl halides is 3. The summed E-state index contributed by atoms with van der Waals surface area (Å²) >= 11 is 0. The van der Waals surface area contributed by atoms with Gasteiger partial charge in [-0.3, -0.25) is 4.79 Å². The fourth-order valence-corrected chi connectivity index (χ4v) is 2.18. The second-order valence-electron chi connectivity index (χ2n) is 4.73. The van der Waals surface area contributed by atoms with Crippen LogP contribution in [0.15, 0.2) is 57.9 Å². The Bertz CT molecular complexity index is 928. The van der Waals surface area contributed by atoms with Crippen LogP contribution in [0.1, 0.15) is 0 Å². The first-order valence-electron chi connectivity index (χ1n) is 6.44. The Morgan fingerprint density at radius 2 is 1.87 bits per heavy atom. The molecule has 0 atom stereocenters. The number of ether oxygens (including phenoxy) is 1. The number of phenolic OH excluding ortho intramolecular Hbond substituents is 1. The van der Waals surface area contributed by atoms with Crippen LogP contribution >= 0.6 is 0 Å². The Morgan fingerprint density at radius 1 is 1.09 bits per heavy atom. The summed E-state index contributed by atoms with van der Waals surface area (Å²) in [4.78, 5) is 12.4. The zero-order chi connectivity index (χ0) is 16.6. The van der Waals surface area contributed by atoms with Gasteiger partial charge in [-0.1, -0.05) is 12.1 Å². The van der Waals surface area contributed by atoms with E-state index in [1.54, 1.807) is 0 Å². The Kier molecular flexibility index (Phi) is 3.48. The SMILES string of the molecule is O=c1c(-c2cccc(OC(F)(F)F)c2)coc2cc(O)ccc12. The average molecular weight is 322 g/mol. The molecule has 0 bridgehead atoms. The lowest BCUT2D eigenvalue weighted by atomic mass is 10.1. The number of hydrogen-bond donors (Lipinski definition) is 1. The highest BCUT2D eigenvalue weighted by Gasteiger charge is 2.31. The van der Waals surface area contributed by atoms with Crippen molar-refractivity contribution in [2.45, 2.75) is 6.36 Å². The lowest BCUT2D eigenvalue weighted by Gasteiger charge is -2.10. The van der Waals surface area contributed by atoms with Gasteiger partial charge in [0.15, 0.2) is 5.43 Å². The minimum absolute atomic E-state index is 0.0611. The van der Waals surface area contributed by atoms with E-state index in [-0.39, 0.29) is 27.8 Å². The fourth-order valence-electron chi connectivity index (χ4n) is 2.18. The molecule has 3 aromatic rings. The van der Waals surface area contributed by atoms with Crippen LogP contribution in [0, 0.1) is 0 Å². The molecule has 0 amide bonds. The van der Waals surface area contributed by atoms with Crippen LogP contribution < -0.4 is 10.2 Å². The van der Waals surface area contributed by atoms with Crippen molar-refractivity contribution in [3.05, 3.63) is 59.0 Å². The van der Waals surface area contributed by atoms with Crippen molar-refractivity contribution in [2.75, 3.05) is 0 Å². The van der Waals surface area contributed by atoms with Crippen molar-refractivity contribution < 1.29 is 27.4 Å². The van der Waals surface area contributed by atoms with Gasteiger partial charge in [0.25, 0.3) is 0 Å². The molecule has 0 aliphatic carbocycles. The summed E-state index contributed by atoms with van der Waals surface area (Å²) in [6.07, 6.45) is -3.68. The highest BCUT2D eigenvalue weighted by molar-refractivity contribution is 5.82. The molecule has 0 spiro atoms. The zero-order valence-corrected chi connectivity index (χ0v) is 11.4. The van der Waals surface area contributed by atoms with Gasteiger partial charge in [-0.05, 0) is 29.8 Å². The molecule has 0 radical (unpaired) electrons. The number of halogens is 3. The van der Waals surface area contributed by atoms with Gasteiger partial charge < -0.3 is 14.3 Å². The van der Waals surface area contributed by atoms with Crippen molar-refractivity contribution in [3.8, 4) is 22.6 Å². The molecule has 1 aromatic heterocycles. The quantitative estimate of drug-likeness (QED) is 0.773. The number of hydrogen-bond acceptors (Lipinski definition) is 4. The lowest BCUT2D eigenvalue weighted by Crippen LogP contribution is -2.17. The summed E-state index contributed by atoms with van der Waals surface area (Å²) in [5.41, 5.74) is 0.0862. The van der Waals surface area contributed by atoms with Crippen LogP contribution in [0.5, 0.6) is 11.5 Å². The molecular formula is C16H9F3O4. The molecule has 4 nitrogen and oxygen atoms in total. The minimum atomic E-state index is -4.82. The van der Waals surface area contributed by atoms with Gasteiger partial charge in [-0.25, -0.2) is 0 Å².